The summed E-state index contributed by atoms with van der Waals surface area (Å²) in [7, 11) is 0. The predicted octanol–water partition coefficient (Wildman–Crippen LogP) is 16.0. The van der Waals surface area contributed by atoms with Crippen molar-refractivity contribution in [3.63, 3.8) is 0 Å². The molecule has 13 rings (SSSR count). The van der Waals surface area contributed by atoms with Crippen LogP contribution in [-0.2, 0) is 24.7 Å². The van der Waals surface area contributed by atoms with E-state index in [0.717, 1.165) is 19.3 Å². The van der Waals surface area contributed by atoms with Gasteiger partial charge in [-0.2, -0.15) is 0 Å². The molecule has 306 valence electrons. The van der Waals surface area contributed by atoms with Crippen LogP contribution in [0.1, 0.15) is 46.2 Å². The van der Waals surface area contributed by atoms with Crippen LogP contribution in [0.5, 0.6) is 0 Å². The molecule has 1 spiro atoms. The second-order valence-electron chi connectivity index (χ2n) is 18.3. The van der Waals surface area contributed by atoms with Crippen molar-refractivity contribution in [1.29, 1.82) is 0 Å². The maximum atomic E-state index is 2.64. The van der Waals surface area contributed by atoms with Crippen LogP contribution in [0.15, 0.2) is 218 Å². The lowest BCUT2D eigenvalue weighted by atomic mass is 9.68. The highest BCUT2D eigenvalue weighted by molar-refractivity contribution is 5.99. The van der Waals surface area contributed by atoms with E-state index >= 15 is 0 Å². The Kier molecular flexibility index (Phi) is 8.62. The molecule has 0 aromatic heterocycles. The Bertz CT molecular complexity index is 3150. The molecule has 0 heterocycles. The Morgan fingerprint density at radius 3 is 1.39 bits per heavy atom. The number of para-hydroxylation sites is 3. The van der Waals surface area contributed by atoms with Crippen molar-refractivity contribution < 1.29 is 0 Å². The Labute approximate surface area is 376 Å². The molecule has 4 aliphatic carbocycles. The number of anilines is 6. The van der Waals surface area contributed by atoms with E-state index in [-0.39, 0.29) is 5.41 Å². The van der Waals surface area contributed by atoms with E-state index < -0.39 is 0 Å². The molecular formula is C62H48N2. The van der Waals surface area contributed by atoms with Gasteiger partial charge in [0.05, 0.1) is 17.1 Å². The third-order valence-corrected chi connectivity index (χ3v) is 15.1. The molecule has 0 bridgehead atoms. The Morgan fingerprint density at radius 2 is 0.797 bits per heavy atom. The average Bonchev–Trinajstić information content (AvgIpc) is 4.10. The monoisotopic (exact) mass is 820 g/mol. The topological polar surface area (TPSA) is 6.48 Å². The summed E-state index contributed by atoms with van der Waals surface area (Å²) in [6.45, 7) is 0. The van der Waals surface area contributed by atoms with Gasteiger partial charge >= 0.3 is 0 Å². The predicted molar refractivity (Wildman–Crippen MR) is 266 cm³/mol. The SMILES string of the molecule is c1ccc(-c2cccc(-c3ccccc3)c2N(c2ccccc2)c2cccc3c2C24c5c(cccc5N(c5ccccc5)c5ccc6c(c5)Cc5ccccc5-6)CC2CCC4C3)cc1. The van der Waals surface area contributed by atoms with Gasteiger partial charge in [0.1, 0.15) is 0 Å². The molecule has 2 nitrogen and oxygen atoms in total. The summed E-state index contributed by atoms with van der Waals surface area (Å²) in [5, 5.41) is 0. The Balaban J connectivity index is 1.07. The van der Waals surface area contributed by atoms with Gasteiger partial charge < -0.3 is 9.80 Å². The van der Waals surface area contributed by atoms with Gasteiger partial charge in [-0.1, -0.05) is 170 Å². The molecule has 1 saturated carbocycles. The lowest BCUT2D eigenvalue weighted by molar-refractivity contribution is 0.350. The van der Waals surface area contributed by atoms with Gasteiger partial charge in [0.25, 0.3) is 0 Å². The number of hydrogen-bond acceptors (Lipinski definition) is 2. The van der Waals surface area contributed by atoms with E-state index in [1.54, 1.807) is 0 Å². The minimum absolute atomic E-state index is 0.167. The van der Waals surface area contributed by atoms with Crippen molar-refractivity contribution >= 4 is 34.1 Å². The van der Waals surface area contributed by atoms with Crippen molar-refractivity contribution in [2.75, 3.05) is 9.80 Å². The summed E-state index contributed by atoms with van der Waals surface area (Å²) >= 11 is 0. The van der Waals surface area contributed by atoms with Crippen molar-refractivity contribution in [1.82, 2.24) is 0 Å². The average molecular weight is 821 g/mol. The number of hydrogen-bond donors (Lipinski definition) is 0. The second kappa shape index (κ2) is 14.9. The third-order valence-electron chi connectivity index (χ3n) is 15.1. The second-order valence-corrected chi connectivity index (χ2v) is 18.3. The standard InChI is InChI=1S/C62H48N2/c1-5-18-42(19-6-1)55-30-17-31-56(43-20-7-2-8-21-43)61(55)64(51-27-11-4-12-28-51)58-33-16-24-46-40-49-35-34-48-39-45-23-15-32-57(59(45)62(48,49)60(46)58)63(50-25-9-3-10-26-50)52-36-37-54-47(41-52)38-44-22-13-14-29-53(44)54/h1-33,36-37,41,48-49H,34-35,38-40H2. The van der Waals surface area contributed by atoms with Crippen LogP contribution in [0.2, 0.25) is 0 Å². The van der Waals surface area contributed by atoms with Crippen molar-refractivity contribution in [3.8, 4) is 33.4 Å². The lowest BCUT2D eigenvalue weighted by Gasteiger charge is -2.40. The zero-order valence-electron chi connectivity index (χ0n) is 35.9. The molecule has 0 radical (unpaired) electrons. The molecule has 9 aromatic rings. The Hall–Kier alpha value is -7.42. The molecule has 3 atom stereocenters. The van der Waals surface area contributed by atoms with E-state index in [1.165, 1.54) is 114 Å². The van der Waals surface area contributed by atoms with E-state index in [2.05, 4.69) is 228 Å². The van der Waals surface area contributed by atoms with Crippen molar-refractivity contribution in [2.45, 2.75) is 37.5 Å². The number of rotatable bonds is 8. The minimum atomic E-state index is -0.167. The summed E-state index contributed by atoms with van der Waals surface area (Å²) in [5.41, 5.74) is 23.7. The smallest absolute Gasteiger partial charge is 0.0618 e. The van der Waals surface area contributed by atoms with Gasteiger partial charge in [-0.25, -0.2) is 0 Å². The first-order valence-corrected chi connectivity index (χ1v) is 23.2. The molecule has 0 amide bonds. The molecule has 64 heavy (non-hydrogen) atoms. The molecule has 9 aromatic carbocycles. The highest BCUT2D eigenvalue weighted by Gasteiger charge is 2.62. The number of benzene rings is 9. The maximum absolute atomic E-state index is 2.64. The van der Waals surface area contributed by atoms with Crippen LogP contribution in [-0.4, -0.2) is 0 Å². The first-order chi connectivity index (χ1) is 31.8. The van der Waals surface area contributed by atoms with Crippen LogP contribution < -0.4 is 9.80 Å². The van der Waals surface area contributed by atoms with Crippen LogP contribution in [0.25, 0.3) is 33.4 Å². The molecule has 3 unspecified atom stereocenters. The summed E-state index contributed by atoms with van der Waals surface area (Å²) in [5.74, 6) is 0.998. The van der Waals surface area contributed by atoms with Crippen molar-refractivity contribution in [3.05, 3.63) is 252 Å². The fourth-order valence-corrected chi connectivity index (χ4v) is 12.8. The zero-order valence-corrected chi connectivity index (χ0v) is 35.9. The summed E-state index contributed by atoms with van der Waals surface area (Å²) in [6.07, 6.45) is 5.61. The quantitative estimate of drug-likeness (QED) is 0.151. The fraction of sp³-hybridized carbons (Fsp3) is 0.129. The maximum Gasteiger partial charge on any atom is 0.0618 e. The first kappa shape index (κ1) is 37.2. The Morgan fingerprint density at radius 1 is 0.344 bits per heavy atom. The molecule has 1 fully saturated rings. The van der Waals surface area contributed by atoms with Crippen molar-refractivity contribution in [2.24, 2.45) is 11.8 Å². The van der Waals surface area contributed by atoms with Crippen LogP contribution in [0.4, 0.5) is 34.1 Å². The molecular weight excluding hydrogens is 773 g/mol. The van der Waals surface area contributed by atoms with E-state index in [0.29, 0.717) is 11.8 Å². The van der Waals surface area contributed by atoms with E-state index in [1.807, 2.05) is 0 Å². The fourth-order valence-electron chi connectivity index (χ4n) is 12.8. The van der Waals surface area contributed by atoms with E-state index in [9.17, 15) is 0 Å². The third kappa shape index (κ3) is 5.58. The minimum Gasteiger partial charge on any atom is -0.310 e. The van der Waals surface area contributed by atoms with E-state index in [4.69, 9.17) is 0 Å². The van der Waals surface area contributed by atoms with Crippen LogP contribution >= 0.6 is 0 Å². The summed E-state index contributed by atoms with van der Waals surface area (Å²) < 4.78 is 0. The summed E-state index contributed by atoms with van der Waals surface area (Å²) in [4.78, 5) is 5.24. The van der Waals surface area contributed by atoms with Gasteiger partial charge in [-0.3, -0.25) is 0 Å². The summed E-state index contributed by atoms with van der Waals surface area (Å²) in [6, 6.07) is 81.8. The van der Waals surface area contributed by atoms with Crippen LogP contribution in [0, 0.1) is 11.8 Å². The number of nitrogens with zero attached hydrogens (tertiary/aromatic N) is 2. The zero-order chi connectivity index (χ0) is 42.2. The lowest BCUT2D eigenvalue weighted by Crippen LogP contribution is -2.34. The molecule has 4 aliphatic rings. The largest absolute Gasteiger partial charge is 0.310 e. The highest BCUT2D eigenvalue weighted by Crippen LogP contribution is 2.69. The van der Waals surface area contributed by atoms with Gasteiger partial charge in [0.2, 0.25) is 0 Å². The normalized spacial score (nSPS) is 18.4. The van der Waals surface area contributed by atoms with Gasteiger partial charge in [-0.05, 0) is 148 Å². The van der Waals surface area contributed by atoms with Gasteiger partial charge in [0, 0.05) is 33.6 Å². The highest BCUT2D eigenvalue weighted by atomic mass is 15.2. The van der Waals surface area contributed by atoms with Crippen LogP contribution in [0.3, 0.4) is 0 Å². The molecule has 0 aliphatic heterocycles. The number of fused-ring (bicyclic) bond motifs is 5. The van der Waals surface area contributed by atoms with Gasteiger partial charge in [0.15, 0.2) is 0 Å². The molecule has 0 N–H and O–H groups in total. The molecule has 2 heteroatoms. The molecule has 0 saturated heterocycles. The first-order valence-electron chi connectivity index (χ1n) is 23.2. The van der Waals surface area contributed by atoms with Gasteiger partial charge in [-0.15, -0.1) is 0 Å².